The number of nitrogens with zero attached hydrogens (tertiary/aromatic N) is 2. The minimum atomic E-state index is -1.02. The van der Waals surface area contributed by atoms with Crippen molar-refractivity contribution in [1.29, 1.82) is 0 Å². The Hall–Kier alpha value is -3.22. The molecule has 0 saturated carbocycles. The van der Waals surface area contributed by atoms with Crippen LogP contribution in [0.1, 0.15) is 18.2 Å². The minimum Gasteiger partial charge on any atom is -0.481 e. The second-order valence-corrected chi connectivity index (χ2v) is 6.19. The molecule has 140 valence electrons. The van der Waals surface area contributed by atoms with Crippen molar-refractivity contribution in [3.05, 3.63) is 77.6 Å². The number of para-hydroxylation sites is 1. The lowest BCUT2D eigenvalue weighted by atomic mass is 10.0. The second-order valence-electron chi connectivity index (χ2n) is 6.19. The van der Waals surface area contributed by atoms with Crippen molar-refractivity contribution < 1.29 is 23.4 Å². The SMILES string of the molecule is CC(Cc1cc(F)c(OCc2ccnn2-c2ccccc2)c(F)c1)C(=O)O. The van der Waals surface area contributed by atoms with E-state index in [1.807, 2.05) is 30.3 Å². The average Bonchev–Trinajstić information content (AvgIpc) is 3.10. The summed E-state index contributed by atoms with van der Waals surface area (Å²) >= 11 is 0. The molecule has 0 aliphatic rings. The molecule has 1 atom stereocenters. The van der Waals surface area contributed by atoms with Gasteiger partial charge in [0.15, 0.2) is 17.4 Å². The number of aromatic nitrogens is 2. The van der Waals surface area contributed by atoms with Crippen molar-refractivity contribution in [2.45, 2.75) is 20.0 Å². The van der Waals surface area contributed by atoms with E-state index < -0.39 is 29.3 Å². The first-order valence-electron chi connectivity index (χ1n) is 8.37. The van der Waals surface area contributed by atoms with Crippen molar-refractivity contribution in [2.75, 3.05) is 0 Å². The molecule has 0 aliphatic heterocycles. The molecule has 7 heteroatoms. The Labute approximate surface area is 154 Å². The lowest BCUT2D eigenvalue weighted by Gasteiger charge is -2.12. The van der Waals surface area contributed by atoms with E-state index in [0.717, 1.165) is 17.8 Å². The highest BCUT2D eigenvalue weighted by molar-refractivity contribution is 5.69. The molecule has 5 nitrogen and oxygen atoms in total. The van der Waals surface area contributed by atoms with Gasteiger partial charge in [-0.1, -0.05) is 25.1 Å². The quantitative estimate of drug-likeness (QED) is 0.681. The maximum Gasteiger partial charge on any atom is 0.306 e. The van der Waals surface area contributed by atoms with Gasteiger partial charge in [0.1, 0.15) is 6.61 Å². The number of rotatable bonds is 7. The number of aliphatic carboxylic acids is 1. The fourth-order valence-corrected chi connectivity index (χ4v) is 2.70. The molecule has 1 unspecified atom stereocenters. The van der Waals surface area contributed by atoms with Crippen LogP contribution >= 0.6 is 0 Å². The van der Waals surface area contributed by atoms with Gasteiger partial charge in [-0.25, -0.2) is 13.5 Å². The van der Waals surface area contributed by atoms with Gasteiger partial charge in [-0.3, -0.25) is 4.79 Å². The summed E-state index contributed by atoms with van der Waals surface area (Å²) in [7, 11) is 0. The number of ether oxygens (including phenoxy) is 1. The number of hydrogen-bond acceptors (Lipinski definition) is 3. The summed E-state index contributed by atoms with van der Waals surface area (Å²) < 4.78 is 35.5. The highest BCUT2D eigenvalue weighted by Gasteiger charge is 2.18. The molecule has 3 rings (SSSR count). The van der Waals surface area contributed by atoms with Gasteiger partial charge in [-0.05, 0) is 42.3 Å². The van der Waals surface area contributed by atoms with Gasteiger partial charge in [-0.15, -0.1) is 0 Å². The van der Waals surface area contributed by atoms with Crippen LogP contribution in [-0.2, 0) is 17.8 Å². The van der Waals surface area contributed by atoms with Crippen molar-refractivity contribution in [3.63, 3.8) is 0 Å². The summed E-state index contributed by atoms with van der Waals surface area (Å²) in [5.74, 6) is -4.00. The Balaban J connectivity index is 1.76. The molecule has 1 N–H and O–H groups in total. The van der Waals surface area contributed by atoms with E-state index in [1.165, 1.54) is 6.92 Å². The van der Waals surface area contributed by atoms with Crippen LogP contribution < -0.4 is 4.74 Å². The van der Waals surface area contributed by atoms with Gasteiger partial charge in [0.05, 0.1) is 17.3 Å². The number of benzene rings is 2. The van der Waals surface area contributed by atoms with E-state index in [-0.39, 0.29) is 18.6 Å². The minimum absolute atomic E-state index is 0.0320. The summed E-state index contributed by atoms with van der Waals surface area (Å²) in [4.78, 5) is 10.9. The van der Waals surface area contributed by atoms with Crippen LogP contribution in [0.4, 0.5) is 8.78 Å². The third-order valence-corrected chi connectivity index (χ3v) is 4.11. The van der Waals surface area contributed by atoms with E-state index in [0.29, 0.717) is 5.69 Å². The standard InChI is InChI=1S/C20H18F2N2O3/c1-13(20(25)26)9-14-10-17(21)19(18(22)11-14)27-12-16-7-8-23-24(16)15-5-3-2-4-6-15/h2-8,10-11,13H,9,12H2,1H3,(H,25,26). The molecule has 1 heterocycles. The summed E-state index contributed by atoms with van der Waals surface area (Å²) in [5.41, 5.74) is 1.70. The zero-order valence-corrected chi connectivity index (χ0v) is 14.6. The molecule has 0 spiro atoms. The summed E-state index contributed by atoms with van der Waals surface area (Å²) in [6.07, 6.45) is 1.61. The Morgan fingerprint density at radius 2 is 1.85 bits per heavy atom. The Bertz CT molecular complexity index is 918. The van der Waals surface area contributed by atoms with E-state index in [9.17, 15) is 13.6 Å². The van der Waals surface area contributed by atoms with Gasteiger partial charge < -0.3 is 9.84 Å². The van der Waals surface area contributed by atoms with E-state index in [4.69, 9.17) is 9.84 Å². The molecule has 0 saturated heterocycles. The van der Waals surface area contributed by atoms with Gasteiger partial charge in [0.2, 0.25) is 0 Å². The largest absolute Gasteiger partial charge is 0.481 e. The summed E-state index contributed by atoms with van der Waals surface area (Å²) in [5, 5.41) is 13.1. The van der Waals surface area contributed by atoms with Crippen molar-refractivity contribution in [2.24, 2.45) is 5.92 Å². The van der Waals surface area contributed by atoms with Crippen LogP contribution in [-0.4, -0.2) is 20.9 Å². The van der Waals surface area contributed by atoms with Crippen molar-refractivity contribution in [1.82, 2.24) is 9.78 Å². The van der Waals surface area contributed by atoms with Crippen LogP contribution in [0.3, 0.4) is 0 Å². The topological polar surface area (TPSA) is 64.4 Å². The number of carbonyl (C=O) groups is 1. The van der Waals surface area contributed by atoms with Gasteiger partial charge in [0, 0.05) is 6.20 Å². The number of carboxylic acids is 1. The van der Waals surface area contributed by atoms with Crippen LogP contribution in [0, 0.1) is 17.6 Å². The normalized spacial score (nSPS) is 12.0. The Morgan fingerprint density at radius 1 is 1.19 bits per heavy atom. The monoisotopic (exact) mass is 372 g/mol. The lowest BCUT2D eigenvalue weighted by molar-refractivity contribution is -0.141. The molecule has 0 amide bonds. The van der Waals surface area contributed by atoms with Gasteiger partial charge >= 0.3 is 5.97 Å². The highest BCUT2D eigenvalue weighted by Crippen LogP contribution is 2.26. The van der Waals surface area contributed by atoms with Crippen molar-refractivity contribution in [3.8, 4) is 11.4 Å². The van der Waals surface area contributed by atoms with Crippen LogP contribution in [0.25, 0.3) is 5.69 Å². The fraction of sp³-hybridized carbons (Fsp3) is 0.200. The fourth-order valence-electron chi connectivity index (χ4n) is 2.70. The van der Waals surface area contributed by atoms with Gasteiger partial charge in [0.25, 0.3) is 0 Å². The van der Waals surface area contributed by atoms with E-state index in [1.54, 1.807) is 16.9 Å². The Kier molecular flexibility index (Phi) is 5.49. The maximum atomic E-state index is 14.3. The molecule has 0 bridgehead atoms. The molecule has 3 aromatic rings. The summed E-state index contributed by atoms with van der Waals surface area (Å²) in [6, 6.07) is 13.2. The first-order valence-corrected chi connectivity index (χ1v) is 8.37. The highest BCUT2D eigenvalue weighted by atomic mass is 19.1. The third kappa shape index (κ3) is 4.31. The number of halogens is 2. The van der Waals surface area contributed by atoms with Crippen LogP contribution in [0.15, 0.2) is 54.7 Å². The molecule has 2 aromatic carbocycles. The maximum absolute atomic E-state index is 14.3. The van der Waals surface area contributed by atoms with E-state index >= 15 is 0 Å². The average molecular weight is 372 g/mol. The zero-order chi connectivity index (χ0) is 19.4. The third-order valence-electron chi connectivity index (χ3n) is 4.11. The smallest absolute Gasteiger partial charge is 0.306 e. The molecule has 1 aromatic heterocycles. The second kappa shape index (κ2) is 7.99. The predicted octanol–water partition coefficient (Wildman–Crippen LogP) is 3.99. The molecular weight excluding hydrogens is 354 g/mol. The van der Waals surface area contributed by atoms with Gasteiger partial charge in [-0.2, -0.15) is 5.10 Å². The molecule has 0 aliphatic carbocycles. The van der Waals surface area contributed by atoms with E-state index in [2.05, 4.69) is 5.10 Å². The van der Waals surface area contributed by atoms with Crippen molar-refractivity contribution >= 4 is 5.97 Å². The summed E-state index contributed by atoms with van der Waals surface area (Å²) in [6.45, 7) is 1.40. The van der Waals surface area contributed by atoms with Crippen LogP contribution in [0.5, 0.6) is 5.75 Å². The number of carboxylic acid groups (broad SMARTS) is 1. The molecule has 0 radical (unpaired) electrons. The lowest BCUT2D eigenvalue weighted by Crippen LogP contribution is -2.13. The first kappa shape index (κ1) is 18.6. The first-order chi connectivity index (χ1) is 13.0. The molecule has 0 fully saturated rings. The molecule has 27 heavy (non-hydrogen) atoms. The zero-order valence-electron chi connectivity index (χ0n) is 14.6. The molecular formula is C20H18F2N2O3. The number of hydrogen-bond donors (Lipinski definition) is 1. The predicted molar refractivity (Wildman–Crippen MR) is 94.8 cm³/mol. The van der Waals surface area contributed by atoms with Crippen LogP contribution in [0.2, 0.25) is 0 Å². The Morgan fingerprint density at radius 3 is 2.48 bits per heavy atom.